The fourth-order valence-electron chi connectivity index (χ4n) is 4.03. The van der Waals surface area contributed by atoms with E-state index in [1.807, 2.05) is 35.2 Å². The molecule has 156 valence electrons. The van der Waals surface area contributed by atoms with Crippen LogP contribution in [0.3, 0.4) is 0 Å². The van der Waals surface area contributed by atoms with Gasteiger partial charge in [-0.2, -0.15) is 0 Å². The largest absolute Gasteiger partial charge is 0.369 e. The molecule has 1 N–H and O–H groups in total. The molecule has 0 aliphatic carbocycles. The van der Waals surface area contributed by atoms with E-state index in [1.54, 1.807) is 25.1 Å². The molecule has 31 heavy (non-hydrogen) atoms. The van der Waals surface area contributed by atoms with Crippen LogP contribution in [-0.2, 0) is 0 Å². The molecule has 0 saturated carbocycles. The maximum absolute atomic E-state index is 14.7. The zero-order valence-corrected chi connectivity index (χ0v) is 17.1. The summed E-state index contributed by atoms with van der Waals surface area (Å²) in [5.41, 5.74) is 3.67. The Morgan fingerprint density at radius 2 is 1.87 bits per heavy atom. The minimum Gasteiger partial charge on any atom is -0.369 e. The second kappa shape index (κ2) is 7.83. The molecule has 1 aliphatic heterocycles. The number of carbonyl (C=O) groups excluding carboxylic acids is 1. The molecule has 2 aromatic heterocycles. The topological polar surface area (TPSA) is 71.3 Å². The van der Waals surface area contributed by atoms with Crippen LogP contribution in [0, 0.1) is 12.7 Å². The van der Waals surface area contributed by atoms with Crippen LogP contribution < -0.4 is 10.2 Å². The lowest BCUT2D eigenvalue weighted by molar-refractivity contribution is 0.102. The Morgan fingerprint density at radius 1 is 1.10 bits per heavy atom. The highest BCUT2D eigenvalue weighted by Gasteiger charge is 2.21. The predicted molar refractivity (Wildman–Crippen MR) is 118 cm³/mol. The van der Waals surface area contributed by atoms with Crippen molar-refractivity contribution >= 4 is 28.4 Å². The lowest BCUT2D eigenvalue weighted by atomic mass is 10.0. The standard InChI is InChI=1S/C24H21FN4O2/c1-15-22-18(14-20(27-24(22)31-28-15)16-7-3-2-4-8-16)23(30)26-17-9-10-21(19(25)13-17)29-11-5-6-12-29/h2-4,7-10,13-14H,5-6,11-12H2,1H3,(H,26,30). The molecular formula is C24H21FN4O2. The fraction of sp³-hybridized carbons (Fsp3) is 0.208. The molecule has 1 fully saturated rings. The van der Waals surface area contributed by atoms with Crippen LogP contribution in [0.4, 0.5) is 15.8 Å². The lowest BCUT2D eigenvalue weighted by Gasteiger charge is -2.19. The highest BCUT2D eigenvalue weighted by molar-refractivity contribution is 6.13. The van der Waals surface area contributed by atoms with Gasteiger partial charge in [-0.15, -0.1) is 0 Å². The summed E-state index contributed by atoms with van der Waals surface area (Å²) < 4.78 is 20.0. The van der Waals surface area contributed by atoms with Crippen LogP contribution in [0.2, 0.25) is 0 Å². The normalized spacial score (nSPS) is 13.7. The molecule has 0 spiro atoms. The van der Waals surface area contributed by atoms with E-state index in [-0.39, 0.29) is 11.7 Å². The smallest absolute Gasteiger partial charge is 0.259 e. The first-order valence-electron chi connectivity index (χ1n) is 10.3. The van der Waals surface area contributed by atoms with Gasteiger partial charge in [-0.1, -0.05) is 35.5 Å². The SMILES string of the molecule is Cc1noc2nc(-c3ccccc3)cc(C(=O)Nc3ccc(N4CCCC4)c(F)c3)c12. The number of halogens is 1. The number of aryl methyl sites for hydroxylation is 1. The van der Waals surface area contributed by atoms with E-state index in [0.29, 0.717) is 39.4 Å². The molecule has 0 atom stereocenters. The summed E-state index contributed by atoms with van der Waals surface area (Å²) in [7, 11) is 0. The van der Waals surface area contributed by atoms with Crippen LogP contribution in [0.25, 0.3) is 22.4 Å². The number of anilines is 2. The van der Waals surface area contributed by atoms with Gasteiger partial charge in [-0.05, 0) is 44.0 Å². The zero-order chi connectivity index (χ0) is 21.4. The molecule has 1 aliphatic rings. The molecule has 7 heteroatoms. The number of hydrogen-bond donors (Lipinski definition) is 1. The van der Waals surface area contributed by atoms with E-state index in [1.165, 1.54) is 6.07 Å². The Bertz CT molecular complexity index is 1260. The Balaban J connectivity index is 1.49. The quantitative estimate of drug-likeness (QED) is 0.496. The summed E-state index contributed by atoms with van der Waals surface area (Å²) in [5, 5.41) is 7.32. The first-order valence-corrected chi connectivity index (χ1v) is 10.3. The predicted octanol–water partition coefficient (Wildman–Crippen LogP) is 5.19. The number of benzene rings is 2. The number of amides is 1. The van der Waals surface area contributed by atoms with Gasteiger partial charge in [0, 0.05) is 24.3 Å². The van der Waals surface area contributed by atoms with Crippen molar-refractivity contribution in [1.82, 2.24) is 10.1 Å². The van der Waals surface area contributed by atoms with Gasteiger partial charge in [0.2, 0.25) is 0 Å². The molecule has 0 radical (unpaired) electrons. The third-order valence-electron chi connectivity index (χ3n) is 5.58. The van der Waals surface area contributed by atoms with Gasteiger partial charge in [0.15, 0.2) is 0 Å². The van der Waals surface area contributed by atoms with Crippen LogP contribution in [-0.4, -0.2) is 29.1 Å². The van der Waals surface area contributed by atoms with Crippen molar-refractivity contribution < 1.29 is 13.7 Å². The van der Waals surface area contributed by atoms with E-state index < -0.39 is 0 Å². The monoisotopic (exact) mass is 416 g/mol. The average molecular weight is 416 g/mol. The zero-order valence-electron chi connectivity index (χ0n) is 17.1. The summed E-state index contributed by atoms with van der Waals surface area (Å²) in [5.74, 6) is -0.713. The van der Waals surface area contributed by atoms with Gasteiger partial charge >= 0.3 is 0 Å². The van der Waals surface area contributed by atoms with Crippen molar-refractivity contribution in [2.75, 3.05) is 23.3 Å². The lowest BCUT2D eigenvalue weighted by Crippen LogP contribution is -2.19. The third kappa shape index (κ3) is 3.63. The average Bonchev–Trinajstić information content (AvgIpc) is 3.44. The van der Waals surface area contributed by atoms with Gasteiger partial charge in [0.25, 0.3) is 11.6 Å². The Hall–Kier alpha value is -3.74. The van der Waals surface area contributed by atoms with Gasteiger partial charge in [-0.25, -0.2) is 9.37 Å². The van der Waals surface area contributed by atoms with E-state index in [2.05, 4.69) is 15.5 Å². The number of pyridine rings is 1. The number of carbonyl (C=O) groups is 1. The number of nitrogens with one attached hydrogen (secondary N) is 1. The van der Waals surface area contributed by atoms with Gasteiger partial charge in [-0.3, -0.25) is 4.79 Å². The van der Waals surface area contributed by atoms with Crippen LogP contribution in [0.5, 0.6) is 0 Å². The van der Waals surface area contributed by atoms with Crippen molar-refractivity contribution in [3.8, 4) is 11.3 Å². The second-order valence-corrected chi connectivity index (χ2v) is 7.68. The summed E-state index contributed by atoms with van der Waals surface area (Å²) in [6, 6.07) is 16.1. The van der Waals surface area contributed by atoms with Crippen LogP contribution >= 0.6 is 0 Å². The number of nitrogens with zero attached hydrogens (tertiary/aromatic N) is 3. The molecule has 1 saturated heterocycles. The summed E-state index contributed by atoms with van der Waals surface area (Å²) in [6.07, 6.45) is 2.13. The number of aromatic nitrogens is 2. The first-order chi connectivity index (χ1) is 15.1. The third-order valence-corrected chi connectivity index (χ3v) is 5.58. The summed E-state index contributed by atoms with van der Waals surface area (Å²) >= 11 is 0. The van der Waals surface area contributed by atoms with Crippen molar-refractivity contribution in [1.29, 1.82) is 0 Å². The molecular weight excluding hydrogens is 395 g/mol. The van der Waals surface area contributed by atoms with E-state index >= 15 is 0 Å². The molecule has 0 unspecified atom stereocenters. The molecule has 6 nitrogen and oxygen atoms in total. The Kier molecular flexibility index (Phi) is 4.86. The maximum Gasteiger partial charge on any atom is 0.259 e. The summed E-state index contributed by atoms with van der Waals surface area (Å²) in [6.45, 7) is 3.47. The van der Waals surface area contributed by atoms with Crippen molar-refractivity contribution in [2.24, 2.45) is 0 Å². The van der Waals surface area contributed by atoms with E-state index in [9.17, 15) is 9.18 Å². The van der Waals surface area contributed by atoms with E-state index in [0.717, 1.165) is 31.5 Å². The number of fused-ring (bicyclic) bond motifs is 1. The highest BCUT2D eigenvalue weighted by Crippen LogP contribution is 2.29. The highest BCUT2D eigenvalue weighted by atomic mass is 19.1. The molecule has 5 rings (SSSR count). The molecule has 4 aromatic rings. The van der Waals surface area contributed by atoms with Gasteiger partial charge < -0.3 is 14.7 Å². The van der Waals surface area contributed by atoms with Gasteiger partial charge in [0.1, 0.15) is 5.82 Å². The molecule has 2 aromatic carbocycles. The van der Waals surface area contributed by atoms with Crippen molar-refractivity contribution in [2.45, 2.75) is 19.8 Å². The second-order valence-electron chi connectivity index (χ2n) is 7.68. The van der Waals surface area contributed by atoms with Crippen molar-refractivity contribution in [3.05, 3.63) is 71.7 Å². The Labute approximate surface area is 178 Å². The number of rotatable bonds is 4. The van der Waals surface area contributed by atoms with Crippen molar-refractivity contribution in [3.63, 3.8) is 0 Å². The molecule has 3 heterocycles. The Morgan fingerprint density at radius 3 is 2.61 bits per heavy atom. The number of hydrogen-bond acceptors (Lipinski definition) is 5. The van der Waals surface area contributed by atoms with E-state index in [4.69, 9.17) is 4.52 Å². The first kappa shape index (κ1) is 19.2. The summed E-state index contributed by atoms with van der Waals surface area (Å²) in [4.78, 5) is 19.7. The van der Waals surface area contributed by atoms with Gasteiger partial charge in [0.05, 0.1) is 28.0 Å². The molecule has 0 bridgehead atoms. The minimum atomic E-state index is -0.371. The minimum absolute atomic E-state index is 0.291. The maximum atomic E-state index is 14.7. The van der Waals surface area contributed by atoms with Crippen LogP contribution in [0.15, 0.2) is 59.1 Å². The molecule has 1 amide bonds. The van der Waals surface area contributed by atoms with Crippen LogP contribution in [0.1, 0.15) is 28.9 Å². The fourth-order valence-corrected chi connectivity index (χ4v) is 4.03.